The number of rotatable bonds is 8. The molecule has 152 valence electrons. The molecular formula is C27H26FNO. The van der Waals surface area contributed by atoms with Crippen molar-refractivity contribution in [3.05, 3.63) is 102 Å². The van der Waals surface area contributed by atoms with E-state index < -0.39 is 0 Å². The molecule has 0 saturated carbocycles. The summed E-state index contributed by atoms with van der Waals surface area (Å²) in [6, 6.07) is 18.1. The summed E-state index contributed by atoms with van der Waals surface area (Å²) in [4.78, 5) is 17.7. The predicted molar refractivity (Wildman–Crippen MR) is 123 cm³/mol. The van der Waals surface area contributed by atoms with E-state index in [1.807, 2.05) is 56.3 Å². The zero-order chi connectivity index (χ0) is 21.7. The van der Waals surface area contributed by atoms with Gasteiger partial charge >= 0.3 is 0 Å². The molecule has 0 bridgehead atoms. The minimum atomic E-state index is -0.255. The number of nitrogens with zero attached hydrogens (tertiary/aromatic N) is 1. The topological polar surface area (TPSA) is 30.0 Å². The van der Waals surface area contributed by atoms with Crippen LogP contribution in [0.5, 0.6) is 0 Å². The second-order valence-electron chi connectivity index (χ2n) is 7.64. The zero-order valence-corrected chi connectivity index (χ0v) is 17.5. The Hall–Kier alpha value is -3.33. The number of carbonyl (C=O) groups is 1. The molecular weight excluding hydrogens is 373 g/mol. The Morgan fingerprint density at radius 1 is 1.10 bits per heavy atom. The Labute approximate surface area is 177 Å². The van der Waals surface area contributed by atoms with Gasteiger partial charge in [-0.05, 0) is 53.8 Å². The Kier molecular flexibility index (Phi) is 6.73. The number of ketones is 1. The monoisotopic (exact) mass is 399 g/mol. The first-order valence-electron chi connectivity index (χ1n) is 10.1. The number of hydrogen-bond donors (Lipinski definition) is 0. The molecule has 0 radical (unpaired) electrons. The van der Waals surface area contributed by atoms with Crippen LogP contribution in [-0.4, -0.2) is 10.8 Å². The van der Waals surface area contributed by atoms with E-state index in [-0.39, 0.29) is 17.5 Å². The largest absolute Gasteiger partial charge is 0.294 e. The van der Waals surface area contributed by atoms with E-state index >= 15 is 0 Å². The first kappa shape index (κ1) is 21.4. The van der Waals surface area contributed by atoms with Crippen molar-refractivity contribution < 1.29 is 9.18 Å². The van der Waals surface area contributed by atoms with Gasteiger partial charge in [0.2, 0.25) is 0 Å². The van der Waals surface area contributed by atoms with Crippen molar-refractivity contribution >= 4 is 17.4 Å². The van der Waals surface area contributed by atoms with Gasteiger partial charge in [-0.1, -0.05) is 69.5 Å². The fourth-order valence-corrected chi connectivity index (χ4v) is 3.40. The molecule has 0 amide bonds. The highest BCUT2D eigenvalue weighted by molar-refractivity contribution is 6.01. The van der Waals surface area contributed by atoms with Crippen LogP contribution in [0.25, 0.3) is 22.9 Å². The lowest BCUT2D eigenvalue weighted by atomic mass is 9.93. The van der Waals surface area contributed by atoms with Gasteiger partial charge in [0, 0.05) is 17.0 Å². The quantitative estimate of drug-likeness (QED) is 0.381. The molecule has 30 heavy (non-hydrogen) atoms. The van der Waals surface area contributed by atoms with Crippen LogP contribution in [0.3, 0.4) is 0 Å². The third kappa shape index (κ3) is 4.80. The van der Waals surface area contributed by atoms with Crippen LogP contribution >= 0.6 is 0 Å². The number of benzene rings is 2. The summed E-state index contributed by atoms with van der Waals surface area (Å²) in [7, 11) is 0. The second kappa shape index (κ2) is 9.45. The molecule has 3 rings (SSSR count). The molecule has 0 aliphatic heterocycles. The van der Waals surface area contributed by atoms with Gasteiger partial charge in [0.15, 0.2) is 5.78 Å². The Morgan fingerprint density at radius 2 is 1.87 bits per heavy atom. The highest BCUT2D eigenvalue weighted by atomic mass is 19.1. The Balaban J connectivity index is 1.99. The van der Waals surface area contributed by atoms with Crippen LogP contribution in [0.4, 0.5) is 4.39 Å². The fraction of sp³-hybridized carbons (Fsp3) is 0.185. The van der Waals surface area contributed by atoms with E-state index in [0.717, 1.165) is 28.0 Å². The average molecular weight is 400 g/mol. The third-order valence-corrected chi connectivity index (χ3v) is 5.08. The van der Waals surface area contributed by atoms with Gasteiger partial charge in [-0.2, -0.15) is 0 Å². The van der Waals surface area contributed by atoms with Crippen LogP contribution in [0.2, 0.25) is 0 Å². The van der Waals surface area contributed by atoms with Gasteiger partial charge in [-0.25, -0.2) is 9.37 Å². The highest BCUT2D eigenvalue weighted by Gasteiger charge is 2.19. The lowest BCUT2D eigenvalue weighted by Crippen LogP contribution is -2.12. The molecule has 0 aliphatic carbocycles. The van der Waals surface area contributed by atoms with E-state index in [0.29, 0.717) is 24.1 Å². The number of allylic oxidation sites excluding steroid dienone is 1. The van der Waals surface area contributed by atoms with Gasteiger partial charge in [-0.3, -0.25) is 4.79 Å². The standard InChI is InChI=1S/C27H26FNO/c1-5-21-10-6-7-12-23(21)25-16-15-24(27(30)18(2)3)26(29-25)19(4)13-14-20-9-8-11-22(28)17-20/h5-12,15-18H,1,4,13-14H2,2-3H3. The number of aryl methyl sites for hydroxylation is 1. The molecule has 0 N–H and O–H groups in total. The van der Waals surface area contributed by atoms with Crippen molar-refractivity contribution in [2.45, 2.75) is 26.7 Å². The van der Waals surface area contributed by atoms with Crippen LogP contribution < -0.4 is 0 Å². The molecule has 1 aromatic heterocycles. The minimum Gasteiger partial charge on any atom is -0.294 e. The molecule has 2 aromatic carbocycles. The van der Waals surface area contributed by atoms with Crippen LogP contribution in [-0.2, 0) is 6.42 Å². The van der Waals surface area contributed by atoms with Gasteiger partial charge in [0.05, 0.1) is 11.4 Å². The van der Waals surface area contributed by atoms with Crippen molar-refractivity contribution in [1.82, 2.24) is 4.98 Å². The SMILES string of the molecule is C=Cc1ccccc1-c1ccc(C(=O)C(C)C)c(C(=C)CCc2cccc(F)c2)n1. The van der Waals surface area contributed by atoms with Gasteiger partial charge in [0.1, 0.15) is 5.82 Å². The summed E-state index contributed by atoms with van der Waals surface area (Å²) >= 11 is 0. The lowest BCUT2D eigenvalue weighted by Gasteiger charge is -2.15. The summed E-state index contributed by atoms with van der Waals surface area (Å²) in [6.45, 7) is 11.9. The summed E-state index contributed by atoms with van der Waals surface area (Å²) in [5.74, 6) is -0.365. The van der Waals surface area contributed by atoms with Gasteiger partial charge < -0.3 is 0 Å². The number of carbonyl (C=O) groups excluding carboxylic acids is 1. The van der Waals surface area contributed by atoms with Crippen molar-refractivity contribution in [3.8, 4) is 11.3 Å². The molecule has 0 aliphatic rings. The first-order valence-corrected chi connectivity index (χ1v) is 10.1. The second-order valence-corrected chi connectivity index (χ2v) is 7.64. The molecule has 1 heterocycles. The molecule has 3 aromatic rings. The normalized spacial score (nSPS) is 10.8. The lowest BCUT2D eigenvalue weighted by molar-refractivity contribution is 0.0938. The molecule has 2 nitrogen and oxygen atoms in total. The number of pyridine rings is 1. The van der Waals surface area contributed by atoms with E-state index in [2.05, 4.69) is 13.2 Å². The number of aromatic nitrogens is 1. The van der Waals surface area contributed by atoms with E-state index in [4.69, 9.17) is 4.98 Å². The smallest absolute Gasteiger partial charge is 0.167 e. The summed E-state index contributed by atoms with van der Waals surface area (Å²) in [5.41, 5.74) is 5.55. The summed E-state index contributed by atoms with van der Waals surface area (Å²) in [6.07, 6.45) is 3.01. The number of hydrogen-bond acceptors (Lipinski definition) is 2. The number of halogens is 1. The Morgan fingerprint density at radius 3 is 2.57 bits per heavy atom. The number of Topliss-reactive ketones (excluding diaryl/α,β-unsaturated/α-hetero) is 1. The molecule has 0 saturated heterocycles. The fourth-order valence-electron chi connectivity index (χ4n) is 3.40. The van der Waals surface area contributed by atoms with Crippen molar-refractivity contribution in [2.75, 3.05) is 0 Å². The third-order valence-electron chi connectivity index (χ3n) is 5.08. The molecule has 0 atom stereocenters. The van der Waals surface area contributed by atoms with Crippen molar-refractivity contribution in [1.29, 1.82) is 0 Å². The van der Waals surface area contributed by atoms with E-state index in [1.54, 1.807) is 12.1 Å². The average Bonchev–Trinajstić information content (AvgIpc) is 2.76. The van der Waals surface area contributed by atoms with Crippen LogP contribution in [0.1, 0.15) is 47.4 Å². The van der Waals surface area contributed by atoms with E-state index in [9.17, 15) is 9.18 Å². The summed E-state index contributed by atoms with van der Waals surface area (Å²) < 4.78 is 13.5. The zero-order valence-electron chi connectivity index (χ0n) is 17.5. The first-order chi connectivity index (χ1) is 14.4. The van der Waals surface area contributed by atoms with Gasteiger partial charge in [0.25, 0.3) is 0 Å². The predicted octanol–water partition coefficient (Wildman–Crippen LogP) is 7.02. The van der Waals surface area contributed by atoms with Gasteiger partial charge in [-0.15, -0.1) is 0 Å². The Bertz CT molecular complexity index is 1100. The molecule has 0 fully saturated rings. The summed E-state index contributed by atoms with van der Waals surface area (Å²) in [5, 5.41) is 0. The van der Waals surface area contributed by atoms with E-state index in [1.165, 1.54) is 12.1 Å². The maximum atomic E-state index is 13.5. The molecule has 0 unspecified atom stereocenters. The van der Waals surface area contributed by atoms with Crippen molar-refractivity contribution in [3.63, 3.8) is 0 Å². The molecule has 3 heteroatoms. The maximum Gasteiger partial charge on any atom is 0.167 e. The highest BCUT2D eigenvalue weighted by Crippen LogP contribution is 2.29. The van der Waals surface area contributed by atoms with Crippen molar-refractivity contribution in [2.24, 2.45) is 5.92 Å². The minimum absolute atomic E-state index is 0.0351. The van der Waals surface area contributed by atoms with Crippen LogP contribution in [0.15, 0.2) is 73.8 Å². The van der Waals surface area contributed by atoms with Crippen LogP contribution in [0, 0.1) is 11.7 Å². The maximum absolute atomic E-state index is 13.5. The molecule has 0 spiro atoms.